The lowest BCUT2D eigenvalue weighted by molar-refractivity contribution is 0.0941. The van der Waals surface area contributed by atoms with Gasteiger partial charge in [-0.25, -0.2) is 13.4 Å². The Morgan fingerprint density at radius 1 is 1.23 bits per heavy atom. The van der Waals surface area contributed by atoms with Crippen molar-refractivity contribution in [3.05, 3.63) is 53.2 Å². The molecule has 0 radical (unpaired) electrons. The highest BCUT2D eigenvalue weighted by Crippen LogP contribution is 2.25. The van der Waals surface area contributed by atoms with Crippen molar-refractivity contribution in [2.45, 2.75) is 52.3 Å². The number of benzene rings is 1. The summed E-state index contributed by atoms with van der Waals surface area (Å²) in [5.41, 5.74) is 1.82. The quantitative estimate of drug-likeness (QED) is 0.513. The fraction of sp³-hybridized carbons (Fsp3) is 0.381. The van der Waals surface area contributed by atoms with Crippen LogP contribution in [0.15, 0.2) is 39.3 Å². The Bertz CT molecular complexity index is 1160. The zero-order valence-corrected chi connectivity index (χ0v) is 18.7. The lowest BCUT2D eigenvalue weighted by Crippen LogP contribution is -2.23. The number of aromatic nitrogens is 2. The van der Waals surface area contributed by atoms with E-state index < -0.39 is 15.3 Å². The highest BCUT2D eigenvalue weighted by atomic mass is 32.2. The van der Waals surface area contributed by atoms with E-state index in [4.69, 9.17) is 8.94 Å². The topological polar surface area (TPSA) is 127 Å². The number of carbonyl (C=O) groups excluding carboxylic acids is 1. The van der Waals surface area contributed by atoms with Gasteiger partial charge < -0.3 is 14.3 Å². The molecule has 31 heavy (non-hydrogen) atoms. The van der Waals surface area contributed by atoms with Crippen LogP contribution in [0, 0.1) is 6.92 Å². The molecule has 0 saturated heterocycles. The fourth-order valence-electron chi connectivity index (χ4n) is 2.75. The van der Waals surface area contributed by atoms with Gasteiger partial charge >= 0.3 is 0 Å². The third kappa shape index (κ3) is 5.52. The highest BCUT2D eigenvalue weighted by Gasteiger charge is 2.18. The first-order valence-corrected chi connectivity index (χ1v) is 11.6. The molecule has 9 nitrogen and oxygen atoms in total. The van der Waals surface area contributed by atoms with E-state index in [2.05, 4.69) is 20.2 Å². The Morgan fingerprint density at radius 2 is 2.00 bits per heavy atom. The summed E-state index contributed by atoms with van der Waals surface area (Å²) in [5.74, 6) is 1.19. The minimum Gasteiger partial charge on any atom is -0.441 e. The van der Waals surface area contributed by atoms with Gasteiger partial charge in [0, 0.05) is 23.7 Å². The molecular weight excluding hydrogens is 420 g/mol. The van der Waals surface area contributed by atoms with Crippen molar-refractivity contribution in [2.24, 2.45) is 0 Å². The first kappa shape index (κ1) is 22.5. The molecule has 10 heteroatoms. The van der Waals surface area contributed by atoms with Crippen LogP contribution in [0.2, 0.25) is 0 Å². The number of aryl methyl sites for hydroxylation is 2. The van der Waals surface area contributed by atoms with Gasteiger partial charge in [-0.3, -0.25) is 9.52 Å². The largest absolute Gasteiger partial charge is 0.441 e. The van der Waals surface area contributed by atoms with Crippen LogP contribution in [-0.2, 0) is 23.0 Å². The van der Waals surface area contributed by atoms with E-state index in [1.54, 1.807) is 51.1 Å². The van der Waals surface area contributed by atoms with Gasteiger partial charge in [-0.15, -0.1) is 0 Å². The third-order valence-electron chi connectivity index (χ3n) is 4.59. The number of anilines is 1. The minimum atomic E-state index is -3.46. The molecule has 0 aliphatic carbocycles. The second-order valence-electron chi connectivity index (χ2n) is 7.41. The predicted molar refractivity (Wildman–Crippen MR) is 116 cm³/mol. The summed E-state index contributed by atoms with van der Waals surface area (Å²) in [4.78, 5) is 16.7. The van der Waals surface area contributed by atoms with Crippen LogP contribution < -0.4 is 10.0 Å². The number of hydrogen-bond donors (Lipinski definition) is 2. The SMILES string of the molecule is CCCc1cc(C(=O)NCc2nc(-c3cccc(NS(=O)(=O)C(C)C)c3)oc2C)no1. The molecule has 2 heterocycles. The zero-order chi connectivity index (χ0) is 22.6. The average molecular weight is 447 g/mol. The molecule has 0 aliphatic heterocycles. The maximum atomic E-state index is 12.3. The number of sulfonamides is 1. The van der Waals surface area contributed by atoms with Gasteiger partial charge in [-0.2, -0.15) is 0 Å². The molecule has 0 fully saturated rings. The zero-order valence-electron chi connectivity index (χ0n) is 17.9. The Kier molecular flexibility index (Phi) is 6.79. The maximum absolute atomic E-state index is 12.3. The van der Waals surface area contributed by atoms with Gasteiger partial charge in [-0.05, 0) is 45.4 Å². The van der Waals surface area contributed by atoms with Crippen LogP contribution in [0.1, 0.15) is 54.9 Å². The molecule has 0 spiro atoms. The maximum Gasteiger partial charge on any atom is 0.273 e. The molecule has 0 saturated carbocycles. The number of nitrogens with one attached hydrogen (secondary N) is 2. The number of carbonyl (C=O) groups is 1. The molecule has 3 rings (SSSR count). The molecule has 0 aliphatic rings. The molecule has 1 aromatic carbocycles. The lowest BCUT2D eigenvalue weighted by Gasteiger charge is -2.11. The molecular formula is C21H26N4O5S. The number of amides is 1. The van der Waals surface area contributed by atoms with Gasteiger partial charge in [0.25, 0.3) is 5.91 Å². The van der Waals surface area contributed by atoms with Gasteiger partial charge in [0.1, 0.15) is 17.2 Å². The van der Waals surface area contributed by atoms with Crippen molar-refractivity contribution in [1.82, 2.24) is 15.5 Å². The van der Waals surface area contributed by atoms with Crippen molar-refractivity contribution in [1.29, 1.82) is 0 Å². The molecule has 166 valence electrons. The summed E-state index contributed by atoms with van der Waals surface area (Å²) in [6, 6.07) is 8.42. The summed E-state index contributed by atoms with van der Waals surface area (Å²) >= 11 is 0. The molecule has 1 amide bonds. The summed E-state index contributed by atoms with van der Waals surface area (Å²) in [6.07, 6.45) is 1.62. The van der Waals surface area contributed by atoms with E-state index in [0.717, 1.165) is 12.8 Å². The smallest absolute Gasteiger partial charge is 0.273 e. The van der Waals surface area contributed by atoms with E-state index in [0.29, 0.717) is 34.4 Å². The van der Waals surface area contributed by atoms with Gasteiger partial charge in [0.2, 0.25) is 15.9 Å². The van der Waals surface area contributed by atoms with Crippen molar-refractivity contribution >= 4 is 21.6 Å². The highest BCUT2D eigenvalue weighted by molar-refractivity contribution is 7.93. The number of oxazole rings is 1. The van der Waals surface area contributed by atoms with Crippen LogP contribution in [0.3, 0.4) is 0 Å². The standard InChI is InChI=1S/C21H26N4O5S/c1-5-7-17-11-18(24-30-17)20(26)22-12-19-14(4)29-21(23-19)15-8-6-9-16(10-15)25-31(27,28)13(2)3/h6,8-11,13,25H,5,7,12H2,1-4H3,(H,22,26). The average Bonchev–Trinajstić information content (AvgIpc) is 3.33. The summed E-state index contributed by atoms with van der Waals surface area (Å²) in [7, 11) is -3.46. The number of rotatable bonds is 9. The van der Waals surface area contributed by atoms with Crippen LogP contribution in [-0.4, -0.2) is 29.7 Å². The molecule has 0 unspecified atom stereocenters. The van der Waals surface area contributed by atoms with E-state index in [-0.39, 0.29) is 18.1 Å². The second kappa shape index (κ2) is 9.34. The van der Waals surface area contributed by atoms with Crippen LogP contribution >= 0.6 is 0 Å². The Hall–Kier alpha value is -3.14. The summed E-state index contributed by atoms with van der Waals surface area (Å²) < 4.78 is 37.6. The molecule has 2 aromatic heterocycles. The summed E-state index contributed by atoms with van der Waals surface area (Å²) in [6.45, 7) is 7.13. The van der Waals surface area contributed by atoms with Crippen LogP contribution in [0.4, 0.5) is 5.69 Å². The number of nitrogens with zero attached hydrogens (tertiary/aromatic N) is 2. The van der Waals surface area contributed by atoms with E-state index in [9.17, 15) is 13.2 Å². The minimum absolute atomic E-state index is 0.157. The molecule has 0 bridgehead atoms. The van der Waals surface area contributed by atoms with E-state index >= 15 is 0 Å². The molecule has 3 aromatic rings. The van der Waals surface area contributed by atoms with Gasteiger partial charge in [0.15, 0.2) is 5.69 Å². The van der Waals surface area contributed by atoms with Crippen molar-refractivity contribution in [3.8, 4) is 11.5 Å². The predicted octanol–water partition coefficient (Wildman–Crippen LogP) is 3.67. The molecule has 0 atom stereocenters. The van der Waals surface area contributed by atoms with Gasteiger partial charge in [0.05, 0.1) is 11.8 Å². The number of hydrogen-bond acceptors (Lipinski definition) is 7. The van der Waals surface area contributed by atoms with Crippen molar-refractivity contribution in [2.75, 3.05) is 4.72 Å². The van der Waals surface area contributed by atoms with Crippen LogP contribution in [0.25, 0.3) is 11.5 Å². The lowest BCUT2D eigenvalue weighted by atomic mass is 10.2. The fourth-order valence-corrected chi connectivity index (χ4v) is 3.44. The Labute approximate surface area is 181 Å². The normalized spacial score (nSPS) is 11.6. The second-order valence-corrected chi connectivity index (χ2v) is 9.65. The summed E-state index contributed by atoms with van der Waals surface area (Å²) in [5, 5.41) is 5.98. The van der Waals surface area contributed by atoms with Crippen molar-refractivity contribution in [3.63, 3.8) is 0 Å². The first-order valence-electron chi connectivity index (χ1n) is 10.0. The van der Waals surface area contributed by atoms with Crippen molar-refractivity contribution < 1.29 is 22.2 Å². The molecule has 2 N–H and O–H groups in total. The Balaban J connectivity index is 1.70. The third-order valence-corrected chi connectivity index (χ3v) is 6.35. The van der Waals surface area contributed by atoms with Gasteiger partial charge in [-0.1, -0.05) is 18.1 Å². The van der Waals surface area contributed by atoms with Crippen LogP contribution in [0.5, 0.6) is 0 Å². The monoisotopic (exact) mass is 446 g/mol. The van der Waals surface area contributed by atoms with E-state index in [1.165, 1.54) is 0 Å². The van der Waals surface area contributed by atoms with E-state index in [1.807, 2.05) is 6.92 Å². The Morgan fingerprint density at radius 3 is 2.71 bits per heavy atom. The first-order chi connectivity index (χ1) is 14.7.